The van der Waals surface area contributed by atoms with Crippen molar-refractivity contribution >= 4 is 5.78 Å². The fourth-order valence-electron chi connectivity index (χ4n) is 2.94. The zero-order chi connectivity index (χ0) is 15.0. The van der Waals surface area contributed by atoms with Crippen LogP contribution in [0.5, 0.6) is 11.5 Å². The van der Waals surface area contributed by atoms with Crippen molar-refractivity contribution in [2.24, 2.45) is 0 Å². The Hall–Kier alpha value is -2.29. The highest BCUT2D eigenvalue weighted by Gasteiger charge is 2.17. The third-order valence-corrected chi connectivity index (χ3v) is 3.76. The van der Waals surface area contributed by atoms with Crippen molar-refractivity contribution < 1.29 is 14.3 Å². The van der Waals surface area contributed by atoms with Crippen molar-refractivity contribution in [1.82, 2.24) is 0 Å². The molecule has 3 heteroatoms. The molecule has 108 valence electrons. The van der Waals surface area contributed by atoms with E-state index in [0.29, 0.717) is 6.42 Å². The molecule has 0 amide bonds. The number of ketones is 1. The smallest absolute Gasteiger partial charge is 0.231 e. The molecule has 0 aliphatic carbocycles. The van der Waals surface area contributed by atoms with Gasteiger partial charge in [0.2, 0.25) is 6.79 Å². The summed E-state index contributed by atoms with van der Waals surface area (Å²) in [6.07, 6.45) is 0.376. The first kappa shape index (κ1) is 13.7. The van der Waals surface area contributed by atoms with Crippen molar-refractivity contribution in [1.29, 1.82) is 0 Å². The first-order valence-electron chi connectivity index (χ1n) is 7.04. The third-order valence-electron chi connectivity index (χ3n) is 3.76. The van der Waals surface area contributed by atoms with E-state index >= 15 is 0 Å². The Morgan fingerprint density at radius 1 is 1.00 bits per heavy atom. The monoisotopic (exact) mass is 282 g/mol. The highest BCUT2D eigenvalue weighted by atomic mass is 16.7. The number of hydrogen-bond acceptors (Lipinski definition) is 3. The summed E-state index contributed by atoms with van der Waals surface area (Å²) in [5.41, 5.74) is 5.04. The number of aryl methyl sites for hydroxylation is 3. The third kappa shape index (κ3) is 2.64. The second kappa shape index (κ2) is 5.24. The van der Waals surface area contributed by atoms with Gasteiger partial charge in [-0.1, -0.05) is 23.8 Å². The summed E-state index contributed by atoms with van der Waals surface area (Å²) in [6.45, 7) is 6.29. The lowest BCUT2D eigenvalue weighted by Gasteiger charge is -2.10. The van der Waals surface area contributed by atoms with E-state index in [1.807, 2.05) is 39.0 Å². The van der Waals surface area contributed by atoms with Gasteiger partial charge in [0.1, 0.15) is 0 Å². The molecular weight excluding hydrogens is 264 g/mol. The van der Waals surface area contributed by atoms with Crippen molar-refractivity contribution in [3.05, 3.63) is 58.1 Å². The first-order valence-corrected chi connectivity index (χ1v) is 7.04. The Bertz CT molecular complexity index is 693. The summed E-state index contributed by atoms with van der Waals surface area (Å²) >= 11 is 0. The highest BCUT2D eigenvalue weighted by Crippen LogP contribution is 2.33. The molecule has 0 saturated heterocycles. The van der Waals surface area contributed by atoms with E-state index in [4.69, 9.17) is 9.47 Å². The highest BCUT2D eigenvalue weighted by molar-refractivity contribution is 6.00. The first-order chi connectivity index (χ1) is 10.0. The van der Waals surface area contributed by atoms with Crippen molar-refractivity contribution in [2.45, 2.75) is 27.2 Å². The van der Waals surface area contributed by atoms with Gasteiger partial charge in [-0.05, 0) is 49.6 Å². The fourth-order valence-corrected chi connectivity index (χ4v) is 2.94. The van der Waals surface area contributed by atoms with E-state index in [9.17, 15) is 4.79 Å². The molecule has 3 nitrogen and oxygen atoms in total. The van der Waals surface area contributed by atoms with E-state index in [0.717, 1.165) is 33.8 Å². The fraction of sp³-hybridized carbons (Fsp3) is 0.278. The van der Waals surface area contributed by atoms with Crippen LogP contribution in [-0.4, -0.2) is 12.6 Å². The lowest BCUT2D eigenvalue weighted by molar-refractivity contribution is 0.0992. The van der Waals surface area contributed by atoms with Crippen LogP contribution in [-0.2, 0) is 6.42 Å². The van der Waals surface area contributed by atoms with E-state index in [1.54, 1.807) is 0 Å². The van der Waals surface area contributed by atoms with Gasteiger partial charge in [0.25, 0.3) is 0 Å². The number of carbonyl (C=O) groups excluding carboxylic acids is 1. The van der Waals surface area contributed by atoms with Gasteiger partial charge in [0.05, 0.1) is 0 Å². The van der Waals surface area contributed by atoms with Crippen molar-refractivity contribution in [2.75, 3.05) is 6.79 Å². The molecule has 1 aliphatic rings. The maximum atomic E-state index is 12.6. The average Bonchev–Trinajstić information content (AvgIpc) is 2.84. The van der Waals surface area contributed by atoms with Crippen LogP contribution >= 0.6 is 0 Å². The maximum Gasteiger partial charge on any atom is 0.231 e. The molecule has 0 aromatic heterocycles. The minimum Gasteiger partial charge on any atom is -0.454 e. The summed E-state index contributed by atoms with van der Waals surface area (Å²) in [7, 11) is 0. The number of carbonyl (C=O) groups is 1. The number of hydrogen-bond donors (Lipinski definition) is 0. The molecule has 0 spiro atoms. The number of fused-ring (bicyclic) bond motifs is 1. The van der Waals surface area contributed by atoms with Crippen LogP contribution in [0.2, 0.25) is 0 Å². The molecule has 2 aromatic rings. The van der Waals surface area contributed by atoms with Crippen LogP contribution in [0.3, 0.4) is 0 Å². The van der Waals surface area contributed by atoms with Gasteiger partial charge in [0.15, 0.2) is 17.3 Å². The van der Waals surface area contributed by atoms with E-state index < -0.39 is 0 Å². The predicted molar refractivity (Wildman–Crippen MR) is 81.3 cm³/mol. The zero-order valence-electron chi connectivity index (χ0n) is 12.5. The minimum absolute atomic E-state index is 0.142. The molecule has 2 aromatic carbocycles. The van der Waals surface area contributed by atoms with Crippen LogP contribution in [0.25, 0.3) is 0 Å². The van der Waals surface area contributed by atoms with Gasteiger partial charge in [-0.25, -0.2) is 0 Å². The largest absolute Gasteiger partial charge is 0.454 e. The summed E-state index contributed by atoms with van der Waals surface area (Å²) in [4.78, 5) is 12.6. The number of Topliss-reactive ketones (excluding diaryl/α,β-unsaturated/α-hetero) is 1. The molecule has 0 bridgehead atoms. The topological polar surface area (TPSA) is 35.5 Å². The second-order valence-corrected chi connectivity index (χ2v) is 5.56. The Balaban J connectivity index is 1.87. The molecule has 0 radical (unpaired) electrons. The molecule has 0 atom stereocenters. The molecule has 0 fully saturated rings. The molecule has 21 heavy (non-hydrogen) atoms. The van der Waals surface area contributed by atoms with Crippen molar-refractivity contribution in [3.63, 3.8) is 0 Å². The number of rotatable bonds is 3. The Kier molecular flexibility index (Phi) is 3.42. The van der Waals surface area contributed by atoms with Crippen LogP contribution < -0.4 is 9.47 Å². The van der Waals surface area contributed by atoms with Gasteiger partial charge in [-0.2, -0.15) is 0 Å². The molecule has 0 N–H and O–H groups in total. The maximum absolute atomic E-state index is 12.6. The standard InChI is InChI=1S/C18H18O3/c1-11-6-12(2)18(13(3)7-11)15(19)8-14-4-5-16-17(9-14)21-10-20-16/h4-7,9H,8,10H2,1-3H3. The van der Waals surface area contributed by atoms with E-state index in [-0.39, 0.29) is 12.6 Å². The quantitative estimate of drug-likeness (QED) is 0.804. The second-order valence-electron chi connectivity index (χ2n) is 5.56. The van der Waals surface area contributed by atoms with Gasteiger partial charge in [-0.15, -0.1) is 0 Å². The number of ether oxygens (including phenoxy) is 2. The Morgan fingerprint density at radius 2 is 1.67 bits per heavy atom. The molecule has 1 heterocycles. The molecule has 0 saturated carbocycles. The number of benzene rings is 2. The van der Waals surface area contributed by atoms with E-state index in [1.165, 1.54) is 5.56 Å². The van der Waals surface area contributed by atoms with Crippen LogP contribution in [0, 0.1) is 20.8 Å². The van der Waals surface area contributed by atoms with Crippen LogP contribution in [0.4, 0.5) is 0 Å². The molecular formula is C18H18O3. The van der Waals surface area contributed by atoms with Crippen molar-refractivity contribution in [3.8, 4) is 11.5 Å². The molecule has 3 rings (SSSR count). The van der Waals surface area contributed by atoms with E-state index in [2.05, 4.69) is 12.1 Å². The summed E-state index contributed by atoms with van der Waals surface area (Å²) < 4.78 is 10.6. The molecule has 1 aliphatic heterocycles. The lowest BCUT2D eigenvalue weighted by atomic mass is 9.93. The lowest BCUT2D eigenvalue weighted by Crippen LogP contribution is -2.08. The minimum atomic E-state index is 0.142. The van der Waals surface area contributed by atoms with Gasteiger partial charge in [0, 0.05) is 12.0 Å². The summed E-state index contributed by atoms with van der Waals surface area (Å²) in [5, 5.41) is 0. The Morgan fingerprint density at radius 3 is 2.38 bits per heavy atom. The average molecular weight is 282 g/mol. The SMILES string of the molecule is Cc1cc(C)c(C(=O)Cc2ccc3c(c2)OCO3)c(C)c1. The zero-order valence-corrected chi connectivity index (χ0v) is 12.5. The predicted octanol–water partition coefficient (Wildman–Crippen LogP) is 3.77. The molecule has 0 unspecified atom stereocenters. The summed E-state index contributed by atoms with van der Waals surface area (Å²) in [6, 6.07) is 9.78. The Labute approximate surface area is 124 Å². The van der Waals surface area contributed by atoms with Crippen LogP contribution in [0.1, 0.15) is 32.6 Å². The van der Waals surface area contributed by atoms with Gasteiger partial charge < -0.3 is 9.47 Å². The normalized spacial score (nSPS) is 12.5. The van der Waals surface area contributed by atoms with Crippen LogP contribution in [0.15, 0.2) is 30.3 Å². The van der Waals surface area contributed by atoms with Gasteiger partial charge >= 0.3 is 0 Å². The van der Waals surface area contributed by atoms with Gasteiger partial charge in [-0.3, -0.25) is 4.79 Å². The summed E-state index contributed by atoms with van der Waals surface area (Å²) in [5.74, 6) is 1.61.